The number of ether oxygens (including phenoxy) is 1. The summed E-state index contributed by atoms with van der Waals surface area (Å²) in [6, 6.07) is 8.80. The number of aliphatic hydroxyl groups is 1. The second-order valence-electron chi connectivity index (χ2n) is 6.54. The number of rotatable bonds is 4. The van der Waals surface area contributed by atoms with Crippen molar-refractivity contribution >= 4 is 29.3 Å². The Bertz CT molecular complexity index is 760. The summed E-state index contributed by atoms with van der Waals surface area (Å²) in [5.41, 5.74) is 1.47. The molecule has 0 fully saturated rings. The highest BCUT2D eigenvalue weighted by molar-refractivity contribution is 6.41. The van der Waals surface area contributed by atoms with E-state index >= 15 is 0 Å². The number of benzene rings is 1. The number of pyridine rings is 1. The van der Waals surface area contributed by atoms with Crippen LogP contribution in [0.4, 0.5) is 4.79 Å². The first kappa shape index (κ1) is 19.5. The van der Waals surface area contributed by atoms with Gasteiger partial charge in [-0.25, -0.2) is 9.78 Å². The number of aliphatic hydroxyl groups excluding tert-OH is 1. The van der Waals surface area contributed by atoms with Crippen LogP contribution in [0.1, 0.15) is 43.6 Å². The van der Waals surface area contributed by atoms with E-state index in [4.69, 9.17) is 27.9 Å². The second kappa shape index (κ2) is 8.04. The molecule has 0 spiro atoms. The van der Waals surface area contributed by atoms with Crippen molar-refractivity contribution in [2.45, 2.75) is 39.0 Å². The Kier molecular flexibility index (Phi) is 6.27. The third-order valence-electron chi connectivity index (χ3n) is 3.24. The topological polar surface area (TPSA) is 71.5 Å². The number of halogens is 2. The first-order valence-corrected chi connectivity index (χ1v) is 8.46. The van der Waals surface area contributed by atoms with Gasteiger partial charge in [-0.15, -0.1) is 0 Å². The minimum absolute atomic E-state index is 0.188. The van der Waals surface area contributed by atoms with E-state index in [1.54, 1.807) is 45.0 Å². The molecule has 2 aromatic rings. The lowest BCUT2D eigenvalue weighted by molar-refractivity contribution is 0.0523. The monoisotopic (exact) mass is 382 g/mol. The number of aromatic nitrogens is 1. The molecule has 1 aromatic carbocycles. The second-order valence-corrected chi connectivity index (χ2v) is 7.31. The average Bonchev–Trinajstić information content (AvgIpc) is 2.53. The van der Waals surface area contributed by atoms with Crippen molar-refractivity contribution in [3.8, 4) is 0 Å². The van der Waals surface area contributed by atoms with E-state index in [0.717, 1.165) is 5.56 Å². The van der Waals surface area contributed by atoms with Crippen molar-refractivity contribution < 1.29 is 14.6 Å². The summed E-state index contributed by atoms with van der Waals surface area (Å²) >= 11 is 11.7. The van der Waals surface area contributed by atoms with Crippen molar-refractivity contribution in [2.24, 2.45) is 0 Å². The molecule has 134 valence electrons. The molecule has 1 heterocycles. The Morgan fingerprint density at radius 2 is 2.00 bits per heavy atom. The molecule has 5 nitrogen and oxygen atoms in total. The average molecular weight is 383 g/mol. The molecule has 1 amide bonds. The van der Waals surface area contributed by atoms with Gasteiger partial charge in [0.1, 0.15) is 16.9 Å². The van der Waals surface area contributed by atoms with Crippen molar-refractivity contribution in [3.05, 3.63) is 63.4 Å². The Balaban J connectivity index is 2.07. The molecule has 0 saturated heterocycles. The van der Waals surface area contributed by atoms with Gasteiger partial charge in [-0.3, -0.25) is 0 Å². The van der Waals surface area contributed by atoms with Crippen LogP contribution >= 0.6 is 23.2 Å². The van der Waals surface area contributed by atoms with E-state index in [1.165, 1.54) is 6.20 Å². The summed E-state index contributed by atoms with van der Waals surface area (Å²) in [7, 11) is 0. The highest BCUT2D eigenvalue weighted by Crippen LogP contribution is 2.27. The van der Waals surface area contributed by atoms with Crippen LogP contribution in [-0.4, -0.2) is 21.8 Å². The Labute approximate surface area is 156 Å². The maximum absolute atomic E-state index is 11.7. The number of carbonyl (C=O) groups is 1. The van der Waals surface area contributed by atoms with Crippen LogP contribution in [0, 0.1) is 0 Å². The van der Waals surface area contributed by atoms with E-state index in [0.29, 0.717) is 11.1 Å². The summed E-state index contributed by atoms with van der Waals surface area (Å²) < 4.78 is 5.20. The predicted octanol–water partition coefficient (Wildman–Crippen LogP) is 4.49. The third-order valence-corrected chi connectivity index (χ3v) is 3.92. The first-order chi connectivity index (χ1) is 11.7. The molecule has 7 heteroatoms. The smallest absolute Gasteiger partial charge is 0.407 e. The van der Waals surface area contributed by atoms with Crippen molar-refractivity contribution in [2.75, 3.05) is 0 Å². The lowest BCUT2D eigenvalue weighted by Gasteiger charge is -2.20. The number of amides is 1. The van der Waals surface area contributed by atoms with Crippen LogP contribution in [0.5, 0.6) is 0 Å². The van der Waals surface area contributed by atoms with E-state index < -0.39 is 17.8 Å². The van der Waals surface area contributed by atoms with Gasteiger partial charge in [-0.2, -0.15) is 0 Å². The highest BCUT2D eigenvalue weighted by Gasteiger charge is 2.16. The fraction of sp³-hybridized carbons (Fsp3) is 0.333. The van der Waals surface area contributed by atoms with E-state index in [2.05, 4.69) is 10.3 Å². The lowest BCUT2D eigenvalue weighted by atomic mass is 10.0. The zero-order valence-electron chi connectivity index (χ0n) is 14.2. The molecule has 2 rings (SSSR count). The number of hydrogen-bond acceptors (Lipinski definition) is 4. The van der Waals surface area contributed by atoms with Gasteiger partial charge in [0.2, 0.25) is 0 Å². The minimum Gasteiger partial charge on any atom is -0.444 e. The molecule has 2 N–H and O–H groups in total. The third kappa shape index (κ3) is 5.88. The number of carbonyl (C=O) groups excluding carboxylic acids is 1. The van der Waals surface area contributed by atoms with Crippen LogP contribution in [0.15, 0.2) is 36.5 Å². The zero-order valence-corrected chi connectivity index (χ0v) is 15.7. The summed E-state index contributed by atoms with van der Waals surface area (Å²) in [6.45, 7) is 5.69. The van der Waals surface area contributed by atoms with Gasteiger partial charge in [0, 0.05) is 18.3 Å². The lowest BCUT2D eigenvalue weighted by Crippen LogP contribution is -2.32. The number of nitrogens with zero attached hydrogens (tertiary/aromatic N) is 1. The Morgan fingerprint density at radius 3 is 2.64 bits per heavy atom. The predicted molar refractivity (Wildman–Crippen MR) is 97.8 cm³/mol. The molecule has 1 atom stereocenters. The quantitative estimate of drug-likeness (QED) is 0.763. The fourth-order valence-electron chi connectivity index (χ4n) is 2.14. The molecule has 25 heavy (non-hydrogen) atoms. The summed E-state index contributed by atoms with van der Waals surface area (Å²) in [4.78, 5) is 15.7. The van der Waals surface area contributed by atoms with Crippen LogP contribution in [-0.2, 0) is 11.3 Å². The molecule has 0 aliphatic rings. The van der Waals surface area contributed by atoms with Gasteiger partial charge in [0.15, 0.2) is 0 Å². The van der Waals surface area contributed by atoms with Crippen molar-refractivity contribution in [1.82, 2.24) is 10.3 Å². The SMILES string of the molecule is CC(C)(C)OC(=O)NCc1cccc(C(O)c2cnc(Cl)c(Cl)c2)c1. The van der Waals surface area contributed by atoms with Gasteiger partial charge in [0.25, 0.3) is 0 Å². The van der Waals surface area contributed by atoms with E-state index in [9.17, 15) is 9.90 Å². The van der Waals surface area contributed by atoms with Crippen LogP contribution in [0.2, 0.25) is 10.2 Å². The van der Waals surface area contributed by atoms with E-state index in [1.807, 2.05) is 6.07 Å². The molecule has 0 radical (unpaired) electrons. The molecule has 0 saturated carbocycles. The van der Waals surface area contributed by atoms with Gasteiger partial charge in [0.05, 0.1) is 5.02 Å². The molecular weight excluding hydrogens is 363 g/mol. The fourth-order valence-corrected chi connectivity index (χ4v) is 2.42. The highest BCUT2D eigenvalue weighted by atomic mass is 35.5. The summed E-state index contributed by atoms with van der Waals surface area (Å²) in [6.07, 6.45) is 0.0840. The van der Waals surface area contributed by atoms with Crippen LogP contribution in [0.3, 0.4) is 0 Å². The largest absolute Gasteiger partial charge is 0.444 e. The molecule has 0 bridgehead atoms. The van der Waals surface area contributed by atoms with Gasteiger partial charge >= 0.3 is 6.09 Å². The normalized spacial score (nSPS) is 12.6. The van der Waals surface area contributed by atoms with Gasteiger partial charge < -0.3 is 15.2 Å². The molecule has 1 unspecified atom stereocenters. The zero-order chi connectivity index (χ0) is 18.6. The number of nitrogens with one attached hydrogen (secondary N) is 1. The minimum atomic E-state index is -0.899. The van der Waals surface area contributed by atoms with Crippen LogP contribution in [0.25, 0.3) is 0 Å². The van der Waals surface area contributed by atoms with E-state index in [-0.39, 0.29) is 16.7 Å². The van der Waals surface area contributed by atoms with Crippen molar-refractivity contribution in [3.63, 3.8) is 0 Å². The Morgan fingerprint density at radius 1 is 1.28 bits per heavy atom. The first-order valence-electron chi connectivity index (χ1n) is 7.70. The molecule has 0 aliphatic heterocycles. The van der Waals surface area contributed by atoms with Gasteiger partial charge in [-0.05, 0) is 38.0 Å². The number of alkyl carbamates (subject to hydrolysis) is 1. The number of hydrogen-bond donors (Lipinski definition) is 2. The molecule has 0 aliphatic carbocycles. The molecular formula is C18H20Cl2N2O3. The summed E-state index contributed by atoms with van der Waals surface area (Å²) in [5.74, 6) is 0. The molecule has 1 aromatic heterocycles. The maximum Gasteiger partial charge on any atom is 0.407 e. The summed E-state index contributed by atoms with van der Waals surface area (Å²) in [5, 5.41) is 13.7. The van der Waals surface area contributed by atoms with Crippen molar-refractivity contribution in [1.29, 1.82) is 0 Å². The van der Waals surface area contributed by atoms with Gasteiger partial charge in [-0.1, -0.05) is 47.5 Å². The van der Waals surface area contributed by atoms with Crippen LogP contribution < -0.4 is 5.32 Å². The maximum atomic E-state index is 11.7. The standard InChI is InChI=1S/C18H20Cl2N2O3/c1-18(2,3)25-17(24)22-9-11-5-4-6-12(7-11)15(23)13-8-14(19)16(20)21-10-13/h4-8,10,15,23H,9H2,1-3H3,(H,22,24). The Hall–Kier alpha value is -1.82.